The Bertz CT molecular complexity index is 735. The largest absolute Gasteiger partial charge is 0.382 e. The third kappa shape index (κ3) is 4.18. The number of amides is 1. The molecule has 0 bridgehead atoms. The summed E-state index contributed by atoms with van der Waals surface area (Å²) in [6.07, 6.45) is 3.77. The Balaban J connectivity index is 1.90. The van der Waals surface area contributed by atoms with E-state index in [4.69, 9.17) is 16.3 Å². The smallest absolute Gasteiger partial charge is 0.239 e. The highest BCUT2D eigenvalue weighted by Crippen LogP contribution is 2.32. The zero-order valence-electron chi connectivity index (χ0n) is 13.1. The van der Waals surface area contributed by atoms with Crippen LogP contribution in [0.25, 0.3) is 10.9 Å². The van der Waals surface area contributed by atoms with E-state index in [1.54, 1.807) is 6.20 Å². The standard InChI is InChI=1S/C17H19BrClN3O2/c18-12-1-2-13-14(7-12)20-10-15(22-16(23)8-19)17(13)21-9-11-3-5-24-6-4-11/h1-2,7,10-11H,3-6,8-9H2,(H,20,21)(H,22,23). The summed E-state index contributed by atoms with van der Waals surface area (Å²) in [4.78, 5) is 16.1. The molecule has 128 valence electrons. The number of hydrogen-bond acceptors (Lipinski definition) is 4. The van der Waals surface area contributed by atoms with Crippen molar-refractivity contribution in [3.63, 3.8) is 0 Å². The number of aromatic nitrogens is 1. The average molecular weight is 413 g/mol. The van der Waals surface area contributed by atoms with Gasteiger partial charge in [-0.15, -0.1) is 11.6 Å². The summed E-state index contributed by atoms with van der Waals surface area (Å²) in [5, 5.41) is 7.30. The van der Waals surface area contributed by atoms with E-state index >= 15 is 0 Å². The normalized spacial score (nSPS) is 15.4. The molecular weight excluding hydrogens is 394 g/mol. The van der Waals surface area contributed by atoms with Crippen molar-refractivity contribution in [3.8, 4) is 0 Å². The van der Waals surface area contributed by atoms with Crippen LogP contribution in [0.1, 0.15) is 12.8 Å². The number of nitrogens with one attached hydrogen (secondary N) is 2. The van der Waals surface area contributed by atoms with Crippen LogP contribution in [0.15, 0.2) is 28.9 Å². The monoisotopic (exact) mass is 411 g/mol. The summed E-state index contributed by atoms with van der Waals surface area (Å²) in [5.74, 6) is 0.232. The maximum Gasteiger partial charge on any atom is 0.239 e. The van der Waals surface area contributed by atoms with Crippen molar-refractivity contribution >= 4 is 55.7 Å². The van der Waals surface area contributed by atoms with E-state index in [2.05, 4.69) is 31.5 Å². The Hall–Kier alpha value is -1.37. The summed E-state index contributed by atoms with van der Waals surface area (Å²) in [5.41, 5.74) is 2.41. The first-order valence-electron chi connectivity index (χ1n) is 7.93. The van der Waals surface area contributed by atoms with E-state index in [1.165, 1.54) is 0 Å². The third-order valence-electron chi connectivity index (χ3n) is 4.14. The number of halogens is 2. The summed E-state index contributed by atoms with van der Waals surface area (Å²) in [7, 11) is 0. The Labute approximate surface area is 154 Å². The highest BCUT2D eigenvalue weighted by atomic mass is 79.9. The van der Waals surface area contributed by atoms with Gasteiger partial charge >= 0.3 is 0 Å². The van der Waals surface area contributed by atoms with Gasteiger partial charge in [0.25, 0.3) is 0 Å². The first-order chi connectivity index (χ1) is 11.7. The van der Waals surface area contributed by atoms with Crippen molar-refractivity contribution in [2.45, 2.75) is 12.8 Å². The van der Waals surface area contributed by atoms with Gasteiger partial charge in [0.1, 0.15) is 5.88 Å². The van der Waals surface area contributed by atoms with Crippen molar-refractivity contribution in [1.29, 1.82) is 0 Å². The molecule has 1 saturated heterocycles. The maximum absolute atomic E-state index is 11.7. The highest BCUT2D eigenvalue weighted by molar-refractivity contribution is 9.10. The first kappa shape index (κ1) is 17.5. The van der Waals surface area contributed by atoms with E-state index in [-0.39, 0.29) is 11.8 Å². The van der Waals surface area contributed by atoms with Crippen LogP contribution in [0.4, 0.5) is 11.4 Å². The second-order valence-corrected chi connectivity index (χ2v) is 7.01. The van der Waals surface area contributed by atoms with Gasteiger partial charge in [-0.2, -0.15) is 0 Å². The molecule has 0 spiro atoms. The van der Waals surface area contributed by atoms with Crippen LogP contribution < -0.4 is 10.6 Å². The molecule has 24 heavy (non-hydrogen) atoms. The number of anilines is 2. The average Bonchev–Trinajstić information content (AvgIpc) is 2.61. The Morgan fingerprint density at radius 3 is 2.92 bits per heavy atom. The summed E-state index contributed by atoms with van der Waals surface area (Å²) in [6, 6.07) is 5.92. The van der Waals surface area contributed by atoms with Gasteiger partial charge < -0.3 is 15.4 Å². The molecule has 2 N–H and O–H groups in total. The first-order valence-corrected chi connectivity index (χ1v) is 9.26. The number of benzene rings is 1. The van der Waals surface area contributed by atoms with Crippen LogP contribution in [0, 0.1) is 5.92 Å². The highest BCUT2D eigenvalue weighted by Gasteiger charge is 2.16. The molecule has 0 unspecified atom stereocenters. The van der Waals surface area contributed by atoms with Gasteiger partial charge in [-0.3, -0.25) is 9.78 Å². The Kier molecular flexibility index (Phi) is 5.92. The number of alkyl halides is 1. The minimum Gasteiger partial charge on any atom is -0.382 e. The molecule has 1 aromatic carbocycles. The van der Waals surface area contributed by atoms with Gasteiger partial charge in [0.15, 0.2) is 0 Å². The van der Waals surface area contributed by atoms with Crippen molar-refractivity contribution in [2.75, 3.05) is 36.3 Å². The lowest BCUT2D eigenvalue weighted by atomic mass is 10.00. The molecule has 0 radical (unpaired) electrons. The second kappa shape index (κ2) is 8.14. The number of carbonyl (C=O) groups is 1. The molecule has 5 nitrogen and oxygen atoms in total. The predicted molar refractivity (Wildman–Crippen MR) is 101 cm³/mol. The third-order valence-corrected chi connectivity index (χ3v) is 4.87. The van der Waals surface area contributed by atoms with Crippen LogP contribution in [0.5, 0.6) is 0 Å². The number of carbonyl (C=O) groups excluding carboxylic acids is 1. The number of rotatable bonds is 5. The fourth-order valence-corrected chi connectivity index (χ4v) is 3.25. The van der Waals surface area contributed by atoms with E-state index < -0.39 is 0 Å². The van der Waals surface area contributed by atoms with Gasteiger partial charge in [-0.25, -0.2) is 0 Å². The maximum atomic E-state index is 11.7. The Morgan fingerprint density at radius 2 is 2.17 bits per heavy atom. The zero-order chi connectivity index (χ0) is 16.9. The zero-order valence-corrected chi connectivity index (χ0v) is 15.5. The molecule has 3 rings (SSSR count). The van der Waals surface area contributed by atoms with Crippen LogP contribution in [-0.2, 0) is 9.53 Å². The molecule has 1 aliphatic rings. The van der Waals surface area contributed by atoms with Crippen LogP contribution in [-0.4, -0.2) is 36.5 Å². The van der Waals surface area contributed by atoms with Gasteiger partial charge in [0, 0.05) is 29.6 Å². The number of nitrogens with zero attached hydrogens (tertiary/aromatic N) is 1. The molecule has 1 fully saturated rings. The van der Waals surface area contributed by atoms with Crippen LogP contribution >= 0.6 is 27.5 Å². The fourth-order valence-electron chi connectivity index (χ4n) is 2.83. The molecule has 0 atom stereocenters. The molecule has 7 heteroatoms. The predicted octanol–water partition coefficient (Wildman–Crippen LogP) is 4.01. The topological polar surface area (TPSA) is 63.2 Å². The second-order valence-electron chi connectivity index (χ2n) is 5.83. The lowest BCUT2D eigenvalue weighted by Crippen LogP contribution is -2.23. The van der Waals surface area contributed by atoms with Crippen molar-refractivity contribution < 1.29 is 9.53 Å². The summed E-state index contributed by atoms with van der Waals surface area (Å²) < 4.78 is 6.38. The van der Waals surface area contributed by atoms with Gasteiger partial charge in [0.05, 0.1) is 23.1 Å². The number of pyridine rings is 1. The molecule has 0 saturated carbocycles. The van der Waals surface area contributed by atoms with E-state index in [0.29, 0.717) is 11.6 Å². The number of ether oxygens (including phenoxy) is 1. The van der Waals surface area contributed by atoms with Crippen LogP contribution in [0.3, 0.4) is 0 Å². The molecular formula is C17H19BrClN3O2. The van der Waals surface area contributed by atoms with Gasteiger partial charge in [-0.1, -0.05) is 15.9 Å². The summed E-state index contributed by atoms with van der Waals surface area (Å²) in [6.45, 7) is 2.46. The van der Waals surface area contributed by atoms with E-state index in [0.717, 1.165) is 53.7 Å². The molecule has 1 amide bonds. The fraction of sp³-hybridized carbons (Fsp3) is 0.412. The number of fused-ring (bicyclic) bond motifs is 1. The van der Waals surface area contributed by atoms with E-state index in [1.807, 2.05) is 18.2 Å². The van der Waals surface area contributed by atoms with Crippen LogP contribution in [0.2, 0.25) is 0 Å². The Morgan fingerprint density at radius 1 is 1.38 bits per heavy atom. The number of hydrogen-bond donors (Lipinski definition) is 2. The molecule has 1 aromatic heterocycles. The molecule has 1 aliphatic heterocycles. The molecule has 2 aromatic rings. The molecule has 0 aliphatic carbocycles. The van der Waals surface area contributed by atoms with Crippen molar-refractivity contribution in [2.24, 2.45) is 5.92 Å². The summed E-state index contributed by atoms with van der Waals surface area (Å²) >= 11 is 9.09. The lowest BCUT2D eigenvalue weighted by molar-refractivity contribution is -0.113. The SMILES string of the molecule is O=C(CCl)Nc1cnc2cc(Br)ccc2c1NCC1CCOCC1. The minimum atomic E-state index is -0.246. The lowest BCUT2D eigenvalue weighted by Gasteiger charge is -2.24. The van der Waals surface area contributed by atoms with Gasteiger partial charge in [0.2, 0.25) is 5.91 Å². The van der Waals surface area contributed by atoms with Crippen molar-refractivity contribution in [1.82, 2.24) is 4.98 Å². The van der Waals surface area contributed by atoms with Crippen molar-refractivity contribution in [3.05, 3.63) is 28.9 Å². The molecule has 2 heterocycles. The van der Waals surface area contributed by atoms with Gasteiger partial charge in [-0.05, 0) is 37.0 Å². The van der Waals surface area contributed by atoms with E-state index in [9.17, 15) is 4.79 Å². The quantitative estimate of drug-likeness (QED) is 0.728. The minimum absolute atomic E-state index is 0.0855.